The zero-order valence-corrected chi connectivity index (χ0v) is 15.6. The zero-order chi connectivity index (χ0) is 18.1. The second kappa shape index (κ2) is 9.91. The van der Waals surface area contributed by atoms with Crippen molar-refractivity contribution in [2.45, 2.75) is 26.2 Å². The maximum atomic E-state index is 11.6. The molecule has 1 aliphatic rings. The van der Waals surface area contributed by atoms with E-state index in [2.05, 4.69) is 50.1 Å². The number of guanidine groups is 1. The second-order valence-electron chi connectivity index (χ2n) is 6.56. The summed E-state index contributed by atoms with van der Waals surface area (Å²) in [6.07, 6.45) is 2.99. The molecule has 0 radical (unpaired) electrons. The van der Waals surface area contributed by atoms with E-state index in [-0.39, 0.29) is 11.8 Å². The molecule has 25 heavy (non-hydrogen) atoms. The molecule has 0 atom stereocenters. The lowest BCUT2D eigenvalue weighted by molar-refractivity contribution is -0.122. The summed E-state index contributed by atoms with van der Waals surface area (Å²) in [4.78, 5) is 18.3. The first-order valence-corrected chi connectivity index (χ1v) is 9.16. The van der Waals surface area contributed by atoms with Crippen LogP contribution in [-0.4, -0.2) is 52.1 Å². The van der Waals surface area contributed by atoms with Crippen LogP contribution < -0.4 is 20.9 Å². The predicted octanol–water partition coefficient (Wildman–Crippen LogP) is 1.38. The van der Waals surface area contributed by atoms with Crippen molar-refractivity contribution in [3.63, 3.8) is 0 Å². The van der Waals surface area contributed by atoms with Crippen molar-refractivity contribution in [2.75, 3.05) is 45.2 Å². The van der Waals surface area contributed by atoms with Gasteiger partial charge in [-0.15, -0.1) is 0 Å². The Kier molecular flexibility index (Phi) is 7.57. The van der Waals surface area contributed by atoms with Crippen molar-refractivity contribution in [1.29, 1.82) is 0 Å². The van der Waals surface area contributed by atoms with Crippen molar-refractivity contribution in [2.24, 2.45) is 10.9 Å². The smallest absolute Gasteiger partial charge is 0.223 e. The maximum absolute atomic E-state index is 11.6. The van der Waals surface area contributed by atoms with Crippen LogP contribution in [0.1, 0.15) is 25.3 Å². The number of carbonyl (C=O) groups excluding carboxylic acids is 1. The lowest BCUT2D eigenvalue weighted by Crippen LogP contribution is -2.41. The van der Waals surface area contributed by atoms with Crippen LogP contribution in [0.3, 0.4) is 0 Å². The molecule has 3 N–H and O–H groups in total. The lowest BCUT2D eigenvalue weighted by atomic mass is 10.1. The number of aliphatic imine (C=N–C) groups is 1. The minimum Gasteiger partial charge on any atom is -0.378 e. The molecule has 138 valence electrons. The van der Waals surface area contributed by atoms with E-state index in [4.69, 9.17) is 0 Å². The number of hydrogen-bond donors (Lipinski definition) is 3. The van der Waals surface area contributed by atoms with Gasteiger partial charge in [-0.2, -0.15) is 0 Å². The lowest BCUT2D eigenvalue weighted by Gasteiger charge is -2.13. The van der Waals surface area contributed by atoms with Gasteiger partial charge in [0.25, 0.3) is 0 Å². The highest BCUT2D eigenvalue weighted by molar-refractivity contribution is 5.81. The average molecular weight is 345 g/mol. The summed E-state index contributed by atoms with van der Waals surface area (Å²) in [6.45, 7) is 4.91. The zero-order valence-electron chi connectivity index (χ0n) is 15.6. The molecular formula is C19H31N5O. The van der Waals surface area contributed by atoms with E-state index in [9.17, 15) is 4.79 Å². The molecule has 1 aromatic rings. The minimum atomic E-state index is 0.185. The largest absolute Gasteiger partial charge is 0.378 e. The third-order valence-electron chi connectivity index (χ3n) is 4.13. The minimum absolute atomic E-state index is 0.185. The summed E-state index contributed by atoms with van der Waals surface area (Å²) in [5.74, 6) is 1.25. The third kappa shape index (κ3) is 7.03. The molecule has 6 heteroatoms. The number of nitrogens with zero attached hydrogens (tertiary/aromatic N) is 2. The van der Waals surface area contributed by atoms with Gasteiger partial charge in [0.15, 0.2) is 5.96 Å². The summed E-state index contributed by atoms with van der Waals surface area (Å²) >= 11 is 0. The van der Waals surface area contributed by atoms with E-state index in [0.717, 1.165) is 38.3 Å². The topological polar surface area (TPSA) is 68.8 Å². The third-order valence-corrected chi connectivity index (χ3v) is 4.13. The first-order valence-electron chi connectivity index (χ1n) is 9.16. The van der Waals surface area contributed by atoms with E-state index in [1.54, 1.807) is 0 Å². The van der Waals surface area contributed by atoms with Gasteiger partial charge < -0.3 is 20.9 Å². The number of amides is 1. The molecule has 1 aliphatic carbocycles. The number of nitrogens with one attached hydrogen (secondary N) is 3. The quantitative estimate of drug-likeness (QED) is 0.359. The Hall–Kier alpha value is -2.24. The van der Waals surface area contributed by atoms with Crippen molar-refractivity contribution in [1.82, 2.24) is 16.0 Å². The number of rotatable bonds is 9. The second-order valence-corrected chi connectivity index (χ2v) is 6.56. The van der Waals surface area contributed by atoms with Crippen LogP contribution in [0.15, 0.2) is 29.3 Å². The molecule has 1 saturated carbocycles. The fourth-order valence-corrected chi connectivity index (χ4v) is 2.46. The Morgan fingerprint density at radius 3 is 2.40 bits per heavy atom. The van der Waals surface area contributed by atoms with E-state index in [0.29, 0.717) is 13.1 Å². The molecule has 6 nitrogen and oxygen atoms in total. The predicted molar refractivity (Wildman–Crippen MR) is 104 cm³/mol. The summed E-state index contributed by atoms with van der Waals surface area (Å²) in [7, 11) is 4.08. The van der Waals surface area contributed by atoms with Crippen LogP contribution in [0.2, 0.25) is 0 Å². The molecule has 0 unspecified atom stereocenters. The molecule has 0 heterocycles. The summed E-state index contributed by atoms with van der Waals surface area (Å²) in [5, 5.41) is 9.45. The molecule has 1 fully saturated rings. The number of anilines is 1. The summed E-state index contributed by atoms with van der Waals surface area (Å²) < 4.78 is 0. The van der Waals surface area contributed by atoms with Crippen molar-refractivity contribution >= 4 is 17.6 Å². The molecule has 2 rings (SSSR count). The summed E-state index contributed by atoms with van der Waals surface area (Å²) in [5.41, 5.74) is 2.48. The first-order chi connectivity index (χ1) is 12.1. The Morgan fingerprint density at radius 1 is 1.12 bits per heavy atom. The maximum Gasteiger partial charge on any atom is 0.223 e. The molecular weight excluding hydrogens is 314 g/mol. The fraction of sp³-hybridized carbons (Fsp3) is 0.579. The number of benzene rings is 1. The molecule has 0 saturated heterocycles. The van der Waals surface area contributed by atoms with Gasteiger partial charge in [-0.1, -0.05) is 12.1 Å². The highest BCUT2D eigenvalue weighted by atomic mass is 16.2. The van der Waals surface area contributed by atoms with Crippen LogP contribution in [0.25, 0.3) is 0 Å². The molecule has 1 amide bonds. The van der Waals surface area contributed by atoms with E-state index < -0.39 is 0 Å². The Bertz CT molecular complexity index is 564. The van der Waals surface area contributed by atoms with Gasteiger partial charge in [0, 0.05) is 51.9 Å². The van der Waals surface area contributed by atoms with Gasteiger partial charge in [0.05, 0.1) is 0 Å². The summed E-state index contributed by atoms with van der Waals surface area (Å²) in [6, 6.07) is 8.56. The van der Waals surface area contributed by atoms with E-state index in [1.165, 1.54) is 11.3 Å². The van der Waals surface area contributed by atoms with Crippen LogP contribution in [0, 0.1) is 5.92 Å². The van der Waals surface area contributed by atoms with Gasteiger partial charge >= 0.3 is 0 Å². The Balaban J connectivity index is 1.71. The van der Waals surface area contributed by atoms with Gasteiger partial charge in [-0.25, -0.2) is 0 Å². The molecule has 0 bridgehead atoms. The normalized spacial score (nSPS) is 14.1. The van der Waals surface area contributed by atoms with E-state index in [1.807, 2.05) is 21.0 Å². The van der Waals surface area contributed by atoms with Crippen LogP contribution in [-0.2, 0) is 11.2 Å². The van der Waals surface area contributed by atoms with Gasteiger partial charge in [-0.3, -0.25) is 9.79 Å². The average Bonchev–Trinajstić information content (AvgIpc) is 3.44. The highest BCUT2D eigenvalue weighted by Gasteiger charge is 2.28. The fourth-order valence-electron chi connectivity index (χ4n) is 2.46. The van der Waals surface area contributed by atoms with Gasteiger partial charge in [0.2, 0.25) is 5.91 Å². The van der Waals surface area contributed by atoms with Crippen molar-refractivity contribution < 1.29 is 4.79 Å². The van der Waals surface area contributed by atoms with Gasteiger partial charge in [0.1, 0.15) is 0 Å². The van der Waals surface area contributed by atoms with Crippen molar-refractivity contribution in [3.8, 4) is 0 Å². The first kappa shape index (κ1) is 19.1. The number of carbonyl (C=O) groups is 1. The Morgan fingerprint density at radius 2 is 1.80 bits per heavy atom. The molecule has 0 aliphatic heterocycles. The Labute approximate surface area is 151 Å². The standard InChI is InChI=1S/C19H31N5O/c1-4-20-19(23-14-13-21-18(25)16-7-8-16)22-12-11-15-5-9-17(10-6-15)24(2)3/h5-6,9-10,16H,4,7-8,11-14H2,1-3H3,(H,21,25)(H2,20,22,23). The number of hydrogen-bond acceptors (Lipinski definition) is 3. The van der Waals surface area contributed by atoms with Crippen molar-refractivity contribution in [3.05, 3.63) is 29.8 Å². The van der Waals surface area contributed by atoms with Crippen LogP contribution in [0.4, 0.5) is 5.69 Å². The van der Waals surface area contributed by atoms with Crippen LogP contribution in [0.5, 0.6) is 0 Å². The van der Waals surface area contributed by atoms with Crippen LogP contribution >= 0.6 is 0 Å². The van der Waals surface area contributed by atoms with E-state index >= 15 is 0 Å². The monoisotopic (exact) mass is 345 g/mol. The highest BCUT2D eigenvalue weighted by Crippen LogP contribution is 2.28. The SMILES string of the molecule is CCNC(=NCCc1ccc(N(C)C)cc1)NCCNC(=O)C1CC1. The van der Waals surface area contributed by atoms with Gasteiger partial charge in [-0.05, 0) is 43.9 Å². The molecule has 0 aromatic heterocycles. The molecule has 1 aromatic carbocycles. The molecule has 0 spiro atoms.